The fourth-order valence-electron chi connectivity index (χ4n) is 3.54. The number of aryl methyl sites for hydroxylation is 1. The van der Waals surface area contributed by atoms with Gasteiger partial charge in [0.15, 0.2) is 5.84 Å². The Labute approximate surface area is 192 Å². The van der Waals surface area contributed by atoms with Crippen LogP contribution in [-0.4, -0.2) is 36.5 Å². The third kappa shape index (κ3) is 3.66. The Kier molecular flexibility index (Phi) is 4.98. The van der Waals surface area contributed by atoms with Crippen molar-refractivity contribution in [1.29, 1.82) is 5.41 Å². The highest BCUT2D eigenvalue weighted by atomic mass is 32.2. The van der Waals surface area contributed by atoms with Gasteiger partial charge >= 0.3 is 0 Å². The minimum absolute atomic E-state index is 0.00855. The molecule has 2 aliphatic heterocycles. The van der Waals surface area contributed by atoms with Crippen molar-refractivity contribution in [1.82, 2.24) is 9.58 Å². The molecule has 1 amide bonds. The number of carbonyl (C=O) groups is 1. The first-order valence-electron chi connectivity index (χ1n) is 9.91. The average molecular weight is 456 g/mol. The summed E-state index contributed by atoms with van der Waals surface area (Å²) in [4.78, 5) is 27.4. The van der Waals surface area contributed by atoms with Crippen LogP contribution in [-0.2, 0) is 4.79 Å². The average Bonchev–Trinajstić information content (AvgIpc) is 3.44. The standard InChI is InChI=1S/C23H16N6O3S/c1-14-5-2-3-7-18(14)22-26-28-20(24)19(21(30)25-23(28)33-22)13-17-6-4-12-27(17)15-8-10-16(11-9-15)29(31)32/h2-13,24H,1H3/b19-13+,24-20?. The molecule has 0 bridgehead atoms. The van der Waals surface area contributed by atoms with Crippen molar-refractivity contribution in [3.05, 3.63) is 99.4 Å². The lowest BCUT2D eigenvalue weighted by Gasteiger charge is -2.20. The molecule has 0 fully saturated rings. The van der Waals surface area contributed by atoms with Gasteiger partial charge in [-0.15, -0.1) is 0 Å². The van der Waals surface area contributed by atoms with Crippen molar-refractivity contribution in [2.45, 2.75) is 6.92 Å². The number of thioether (sulfide) groups is 1. The SMILES string of the molecule is Cc1ccccc1C1=NN2C(=N)/C(=C\c3cccn3-c3ccc([N+](=O)[O-])cc3)C(=O)N=C2S1. The first-order valence-corrected chi connectivity index (χ1v) is 10.7. The Morgan fingerprint density at radius 3 is 2.58 bits per heavy atom. The highest BCUT2D eigenvalue weighted by Gasteiger charge is 2.36. The molecule has 2 aromatic carbocycles. The van der Waals surface area contributed by atoms with Crippen molar-refractivity contribution < 1.29 is 9.72 Å². The van der Waals surface area contributed by atoms with Crippen LogP contribution in [0.25, 0.3) is 11.8 Å². The molecule has 162 valence electrons. The van der Waals surface area contributed by atoms with Gasteiger partial charge in [0.25, 0.3) is 11.6 Å². The lowest BCUT2D eigenvalue weighted by Crippen LogP contribution is -2.35. The molecule has 0 saturated carbocycles. The third-order valence-corrected chi connectivity index (χ3v) is 6.18. The number of hydrazone groups is 1. The number of benzene rings is 2. The van der Waals surface area contributed by atoms with E-state index in [1.54, 1.807) is 41.1 Å². The molecule has 1 aromatic heterocycles. The van der Waals surface area contributed by atoms with E-state index < -0.39 is 10.8 Å². The number of amides is 1. The van der Waals surface area contributed by atoms with E-state index in [-0.39, 0.29) is 17.1 Å². The summed E-state index contributed by atoms with van der Waals surface area (Å²) in [6.07, 6.45) is 3.36. The van der Waals surface area contributed by atoms with E-state index in [9.17, 15) is 14.9 Å². The van der Waals surface area contributed by atoms with Crippen LogP contribution in [0, 0.1) is 22.4 Å². The summed E-state index contributed by atoms with van der Waals surface area (Å²) in [5.41, 5.74) is 3.39. The Bertz CT molecular complexity index is 1420. The smallest absolute Gasteiger partial charge is 0.283 e. The number of rotatable bonds is 4. The van der Waals surface area contributed by atoms with E-state index in [0.29, 0.717) is 21.6 Å². The Hall–Kier alpha value is -4.31. The van der Waals surface area contributed by atoms with Crippen LogP contribution in [0.3, 0.4) is 0 Å². The second-order valence-electron chi connectivity index (χ2n) is 7.32. The zero-order valence-electron chi connectivity index (χ0n) is 17.3. The number of non-ortho nitro benzene ring substituents is 1. The molecule has 0 unspecified atom stereocenters. The monoisotopic (exact) mass is 456 g/mol. The molecule has 10 heteroatoms. The van der Waals surface area contributed by atoms with E-state index >= 15 is 0 Å². The van der Waals surface area contributed by atoms with Crippen LogP contribution in [0.15, 0.2) is 82.5 Å². The summed E-state index contributed by atoms with van der Waals surface area (Å²) in [5, 5.41) is 26.5. The van der Waals surface area contributed by atoms with Crippen LogP contribution in [0.1, 0.15) is 16.8 Å². The van der Waals surface area contributed by atoms with Gasteiger partial charge < -0.3 is 4.57 Å². The maximum atomic E-state index is 12.8. The zero-order chi connectivity index (χ0) is 23.1. The number of aliphatic imine (C=N–C) groups is 1. The highest BCUT2D eigenvalue weighted by molar-refractivity contribution is 8.27. The molecule has 0 aliphatic carbocycles. The van der Waals surface area contributed by atoms with Gasteiger partial charge in [0, 0.05) is 35.3 Å². The van der Waals surface area contributed by atoms with Crippen molar-refractivity contribution in [3.8, 4) is 5.69 Å². The summed E-state index contributed by atoms with van der Waals surface area (Å²) in [5.74, 6) is -0.575. The molecular formula is C23H16N6O3S. The Morgan fingerprint density at radius 1 is 1.09 bits per heavy atom. The first kappa shape index (κ1) is 20.6. The van der Waals surface area contributed by atoms with Crippen molar-refractivity contribution in [2.24, 2.45) is 10.1 Å². The van der Waals surface area contributed by atoms with E-state index in [0.717, 1.165) is 11.1 Å². The quantitative estimate of drug-likeness (QED) is 0.356. The number of amidine groups is 2. The van der Waals surface area contributed by atoms with Crippen molar-refractivity contribution in [2.75, 3.05) is 0 Å². The van der Waals surface area contributed by atoms with Crippen LogP contribution in [0.5, 0.6) is 0 Å². The number of carbonyl (C=O) groups excluding carboxylic acids is 1. The van der Waals surface area contributed by atoms with Gasteiger partial charge in [-0.05, 0) is 54.6 Å². The highest BCUT2D eigenvalue weighted by Crippen LogP contribution is 2.32. The number of hydrogen-bond acceptors (Lipinski definition) is 6. The predicted molar refractivity (Wildman–Crippen MR) is 128 cm³/mol. The summed E-state index contributed by atoms with van der Waals surface area (Å²) in [7, 11) is 0. The molecule has 33 heavy (non-hydrogen) atoms. The molecule has 3 heterocycles. The molecule has 0 spiro atoms. The number of nitrogens with zero attached hydrogens (tertiary/aromatic N) is 5. The molecule has 0 saturated heterocycles. The minimum Gasteiger partial charge on any atom is -0.317 e. The second kappa shape index (κ2) is 7.99. The predicted octanol–water partition coefficient (Wildman–Crippen LogP) is 4.36. The summed E-state index contributed by atoms with van der Waals surface area (Å²) in [6.45, 7) is 1.98. The van der Waals surface area contributed by atoms with Gasteiger partial charge in [-0.2, -0.15) is 15.1 Å². The molecule has 5 rings (SSSR count). The van der Waals surface area contributed by atoms with Gasteiger partial charge in [-0.25, -0.2) is 0 Å². The lowest BCUT2D eigenvalue weighted by molar-refractivity contribution is -0.384. The van der Waals surface area contributed by atoms with E-state index in [4.69, 9.17) is 5.41 Å². The molecule has 0 atom stereocenters. The molecule has 2 aliphatic rings. The molecule has 0 radical (unpaired) electrons. The molecule has 3 aromatic rings. The largest absolute Gasteiger partial charge is 0.317 e. The van der Waals surface area contributed by atoms with E-state index in [1.807, 2.05) is 31.2 Å². The van der Waals surface area contributed by atoms with Crippen molar-refractivity contribution in [3.63, 3.8) is 0 Å². The topological polar surface area (TPSA) is 117 Å². The fourth-order valence-corrected chi connectivity index (χ4v) is 4.53. The van der Waals surface area contributed by atoms with Crippen LogP contribution in [0.2, 0.25) is 0 Å². The fraction of sp³-hybridized carbons (Fsp3) is 0.0435. The zero-order valence-corrected chi connectivity index (χ0v) is 18.1. The van der Waals surface area contributed by atoms with Gasteiger partial charge in [0.05, 0.1) is 10.5 Å². The molecule has 9 nitrogen and oxygen atoms in total. The number of nitrogens with one attached hydrogen (secondary N) is 1. The number of fused-ring (bicyclic) bond motifs is 1. The maximum absolute atomic E-state index is 12.8. The molecule has 1 N–H and O–H groups in total. The third-order valence-electron chi connectivity index (χ3n) is 5.24. The lowest BCUT2D eigenvalue weighted by atomic mass is 10.1. The summed E-state index contributed by atoms with van der Waals surface area (Å²) < 4.78 is 1.78. The Morgan fingerprint density at radius 2 is 1.85 bits per heavy atom. The van der Waals surface area contributed by atoms with Crippen molar-refractivity contribution >= 4 is 45.5 Å². The summed E-state index contributed by atoms with van der Waals surface area (Å²) in [6, 6.07) is 17.4. The maximum Gasteiger partial charge on any atom is 0.283 e. The van der Waals surface area contributed by atoms with E-state index in [1.165, 1.54) is 28.9 Å². The molecular weight excluding hydrogens is 440 g/mol. The second-order valence-corrected chi connectivity index (χ2v) is 8.27. The van der Waals surface area contributed by atoms with Gasteiger partial charge in [0.2, 0.25) is 5.17 Å². The van der Waals surface area contributed by atoms with Gasteiger partial charge in [-0.1, -0.05) is 24.3 Å². The number of hydrogen-bond donors (Lipinski definition) is 1. The van der Waals surface area contributed by atoms with Gasteiger partial charge in [0.1, 0.15) is 5.04 Å². The van der Waals surface area contributed by atoms with Crippen LogP contribution >= 0.6 is 11.8 Å². The van der Waals surface area contributed by atoms with Crippen LogP contribution < -0.4 is 0 Å². The Balaban J connectivity index is 1.49. The number of nitro benzene ring substituents is 1. The first-order chi connectivity index (χ1) is 15.9. The number of aromatic nitrogens is 1. The number of nitro groups is 1. The summed E-state index contributed by atoms with van der Waals surface area (Å²) >= 11 is 1.26. The van der Waals surface area contributed by atoms with Crippen LogP contribution in [0.4, 0.5) is 5.69 Å². The van der Waals surface area contributed by atoms with Gasteiger partial charge in [-0.3, -0.25) is 20.3 Å². The normalized spacial score (nSPS) is 16.6. The van der Waals surface area contributed by atoms with E-state index in [2.05, 4.69) is 10.1 Å². The minimum atomic E-state index is -0.517.